The zero-order valence-corrected chi connectivity index (χ0v) is 13.6. The molecule has 25 heavy (non-hydrogen) atoms. The quantitative estimate of drug-likeness (QED) is 0.862. The Morgan fingerprint density at radius 3 is 2.76 bits per heavy atom. The molecular formula is C19H16N2O4. The van der Waals surface area contributed by atoms with Gasteiger partial charge in [-0.15, -0.1) is 0 Å². The van der Waals surface area contributed by atoms with E-state index in [9.17, 15) is 10.1 Å². The van der Waals surface area contributed by atoms with Gasteiger partial charge in [-0.25, -0.2) is 4.79 Å². The molecule has 2 N–H and O–H groups in total. The molecule has 1 aliphatic rings. The summed E-state index contributed by atoms with van der Waals surface area (Å²) in [6, 6.07) is 10.7. The van der Waals surface area contributed by atoms with Gasteiger partial charge in [0.25, 0.3) is 0 Å². The van der Waals surface area contributed by atoms with Crippen LogP contribution in [0.2, 0.25) is 0 Å². The third-order valence-electron chi connectivity index (χ3n) is 3.84. The van der Waals surface area contributed by atoms with E-state index in [1.807, 2.05) is 6.07 Å². The Bertz CT molecular complexity index is 949. The van der Waals surface area contributed by atoms with Gasteiger partial charge in [-0.05, 0) is 24.6 Å². The average Bonchev–Trinajstić information content (AvgIpc) is 2.59. The highest BCUT2D eigenvalue weighted by molar-refractivity contribution is 5.54. The van der Waals surface area contributed by atoms with Crippen molar-refractivity contribution in [3.63, 3.8) is 0 Å². The van der Waals surface area contributed by atoms with E-state index in [-0.39, 0.29) is 17.0 Å². The molecule has 0 saturated heterocycles. The van der Waals surface area contributed by atoms with Crippen LogP contribution in [0, 0.1) is 18.3 Å². The van der Waals surface area contributed by atoms with Crippen LogP contribution in [-0.4, -0.2) is 6.61 Å². The fraction of sp³-hybridized carbons (Fsp3) is 0.158. The van der Waals surface area contributed by atoms with Gasteiger partial charge in [0.1, 0.15) is 35.5 Å². The first kappa shape index (κ1) is 16.4. The molecule has 0 aliphatic carbocycles. The van der Waals surface area contributed by atoms with E-state index in [0.717, 1.165) is 0 Å². The minimum atomic E-state index is -0.654. The molecule has 0 bridgehead atoms. The molecule has 2 heterocycles. The van der Waals surface area contributed by atoms with Gasteiger partial charge >= 0.3 is 5.63 Å². The maximum absolute atomic E-state index is 12.4. The molecule has 1 aromatic heterocycles. The summed E-state index contributed by atoms with van der Waals surface area (Å²) >= 11 is 0. The van der Waals surface area contributed by atoms with Crippen LogP contribution in [0.4, 0.5) is 0 Å². The van der Waals surface area contributed by atoms with Gasteiger partial charge in [-0.1, -0.05) is 24.8 Å². The van der Waals surface area contributed by atoms with Crippen molar-refractivity contribution in [3.05, 3.63) is 81.8 Å². The third kappa shape index (κ3) is 3.00. The second kappa shape index (κ2) is 6.57. The summed E-state index contributed by atoms with van der Waals surface area (Å²) < 4.78 is 16.1. The van der Waals surface area contributed by atoms with Crippen molar-refractivity contribution >= 4 is 0 Å². The normalized spacial score (nSPS) is 15.8. The van der Waals surface area contributed by atoms with E-state index in [1.54, 1.807) is 43.3 Å². The standard InChI is InChI=1S/C19H16N2O4/c1-3-8-23-13-6-4-12(5-7-13)16-14(10-20)18(21)25-15-9-11(2)24-19(22)17(15)16/h3-7,9,16H,1,8,21H2,2H3/t16-/m0/s1. The van der Waals surface area contributed by atoms with Crippen molar-refractivity contribution < 1.29 is 13.9 Å². The highest BCUT2D eigenvalue weighted by atomic mass is 16.5. The van der Waals surface area contributed by atoms with E-state index in [1.165, 1.54) is 0 Å². The molecular weight excluding hydrogens is 320 g/mol. The molecule has 1 atom stereocenters. The van der Waals surface area contributed by atoms with Crippen molar-refractivity contribution in [2.75, 3.05) is 6.61 Å². The second-order valence-electron chi connectivity index (χ2n) is 5.52. The minimum Gasteiger partial charge on any atom is -0.490 e. The summed E-state index contributed by atoms with van der Waals surface area (Å²) in [7, 11) is 0. The number of hydrogen-bond acceptors (Lipinski definition) is 6. The topological polar surface area (TPSA) is 98.5 Å². The van der Waals surface area contributed by atoms with Crippen LogP contribution in [-0.2, 0) is 0 Å². The van der Waals surface area contributed by atoms with Crippen molar-refractivity contribution in [2.45, 2.75) is 12.8 Å². The average molecular weight is 336 g/mol. The molecule has 1 aromatic carbocycles. The maximum Gasteiger partial charge on any atom is 0.343 e. The molecule has 0 radical (unpaired) electrons. The second-order valence-corrected chi connectivity index (χ2v) is 5.52. The van der Waals surface area contributed by atoms with Crippen LogP contribution in [0.15, 0.2) is 63.7 Å². The zero-order valence-electron chi connectivity index (χ0n) is 13.6. The number of aryl methyl sites for hydroxylation is 1. The SMILES string of the molecule is C=CCOc1ccc([C@H]2C(C#N)=C(N)Oc3cc(C)oc(=O)c32)cc1. The van der Waals surface area contributed by atoms with Crippen LogP contribution in [0.5, 0.6) is 11.5 Å². The summed E-state index contributed by atoms with van der Waals surface area (Å²) in [5.41, 5.74) is 6.49. The van der Waals surface area contributed by atoms with E-state index < -0.39 is 11.5 Å². The maximum atomic E-state index is 12.4. The van der Waals surface area contributed by atoms with Gasteiger partial charge < -0.3 is 19.6 Å². The Morgan fingerprint density at radius 1 is 1.40 bits per heavy atom. The van der Waals surface area contributed by atoms with Crippen LogP contribution >= 0.6 is 0 Å². The number of nitriles is 1. The Labute approximate surface area is 144 Å². The number of fused-ring (bicyclic) bond motifs is 1. The van der Waals surface area contributed by atoms with Gasteiger partial charge in [-0.2, -0.15) is 5.26 Å². The first-order chi connectivity index (χ1) is 12.0. The Kier molecular flexibility index (Phi) is 4.31. The summed E-state index contributed by atoms with van der Waals surface area (Å²) in [5.74, 6) is 0.699. The lowest BCUT2D eigenvalue weighted by atomic mass is 9.84. The van der Waals surface area contributed by atoms with Crippen LogP contribution in [0.1, 0.15) is 22.8 Å². The summed E-state index contributed by atoms with van der Waals surface area (Å²) in [4.78, 5) is 12.4. The first-order valence-corrected chi connectivity index (χ1v) is 7.61. The summed E-state index contributed by atoms with van der Waals surface area (Å²) in [5, 5.41) is 9.50. The van der Waals surface area contributed by atoms with E-state index >= 15 is 0 Å². The highest BCUT2D eigenvalue weighted by Crippen LogP contribution is 2.40. The zero-order chi connectivity index (χ0) is 18.0. The number of benzene rings is 1. The van der Waals surface area contributed by atoms with E-state index in [0.29, 0.717) is 29.4 Å². The fourth-order valence-electron chi connectivity index (χ4n) is 2.76. The van der Waals surface area contributed by atoms with Crippen molar-refractivity contribution in [2.24, 2.45) is 5.73 Å². The van der Waals surface area contributed by atoms with Crippen molar-refractivity contribution in [1.29, 1.82) is 5.26 Å². The molecule has 6 heteroatoms. The molecule has 1 aliphatic heterocycles. The fourth-order valence-corrected chi connectivity index (χ4v) is 2.76. The van der Waals surface area contributed by atoms with Gasteiger partial charge in [0.2, 0.25) is 5.88 Å². The first-order valence-electron chi connectivity index (χ1n) is 7.61. The lowest BCUT2D eigenvalue weighted by molar-refractivity contribution is 0.362. The molecule has 6 nitrogen and oxygen atoms in total. The molecule has 2 aromatic rings. The molecule has 0 saturated carbocycles. The molecule has 3 rings (SSSR count). The Hall–Kier alpha value is -3.46. The summed E-state index contributed by atoms with van der Waals surface area (Å²) in [6.07, 6.45) is 1.65. The number of hydrogen-bond donors (Lipinski definition) is 1. The van der Waals surface area contributed by atoms with E-state index in [4.69, 9.17) is 19.6 Å². The highest BCUT2D eigenvalue weighted by Gasteiger charge is 2.34. The smallest absolute Gasteiger partial charge is 0.343 e. The van der Waals surface area contributed by atoms with Gasteiger partial charge in [0.15, 0.2) is 0 Å². The lowest BCUT2D eigenvalue weighted by Crippen LogP contribution is -2.26. The van der Waals surface area contributed by atoms with Crippen LogP contribution in [0.25, 0.3) is 0 Å². The number of allylic oxidation sites excluding steroid dienone is 1. The largest absolute Gasteiger partial charge is 0.490 e. The third-order valence-corrected chi connectivity index (χ3v) is 3.84. The monoisotopic (exact) mass is 336 g/mol. The number of nitrogens with zero attached hydrogens (tertiary/aromatic N) is 1. The van der Waals surface area contributed by atoms with Gasteiger partial charge in [0.05, 0.1) is 11.5 Å². The lowest BCUT2D eigenvalue weighted by Gasteiger charge is -2.25. The van der Waals surface area contributed by atoms with E-state index in [2.05, 4.69) is 6.58 Å². The molecule has 0 amide bonds. The number of rotatable bonds is 4. The van der Waals surface area contributed by atoms with Gasteiger partial charge in [0, 0.05) is 6.07 Å². The Balaban J connectivity index is 2.12. The van der Waals surface area contributed by atoms with Crippen molar-refractivity contribution in [1.82, 2.24) is 0 Å². The van der Waals surface area contributed by atoms with Crippen LogP contribution < -0.4 is 20.8 Å². The summed E-state index contributed by atoms with van der Waals surface area (Å²) in [6.45, 7) is 5.63. The molecule has 0 unspecified atom stereocenters. The molecule has 0 fully saturated rings. The van der Waals surface area contributed by atoms with Gasteiger partial charge in [-0.3, -0.25) is 0 Å². The van der Waals surface area contributed by atoms with Crippen LogP contribution in [0.3, 0.4) is 0 Å². The number of ether oxygens (including phenoxy) is 2. The minimum absolute atomic E-state index is 0.0167. The molecule has 0 spiro atoms. The molecule has 126 valence electrons. The predicted octanol–water partition coefficient (Wildman–Crippen LogP) is 2.73. The van der Waals surface area contributed by atoms with Crippen molar-refractivity contribution in [3.8, 4) is 17.6 Å². The Morgan fingerprint density at radius 2 is 2.12 bits per heavy atom. The predicted molar refractivity (Wildman–Crippen MR) is 91.1 cm³/mol. The number of nitrogens with two attached hydrogens (primary N) is 1.